The lowest BCUT2D eigenvalue weighted by atomic mass is 10.1. The van der Waals surface area contributed by atoms with Gasteiger partial charge in [0.1, 0.15) is 16.1 Å². The van der Waals surface area contributed by atoms with Crippen LogP contribution in [0.5, 0.6) is 5.75 Å². The molecule has 0 aliphatic carbocycles. The van der Waals surface area contributed by atoms with Crippen molar-refractivity contribution >= 4 is 21.6 Å². The summed E-state index contributed by atoms with van der Waals surface area (Å²) in [6.45, 7) is 4.45. The first-order valence-electron chi connectivity index (χ1n) is 8.96. The van der Waals surface area contributed by atoms with Crippen LogP contribution >= 0.6 is 11.3 Å². The Morgan fingerprint density at radius 2 is 2.15 bits per heavy atom. The molecule has 0 amide bonds. The third kappa shape index (κ3) is 4.35. The van der Waals surface area contributed by atoms with Crippen LogP contribution in [-0.2, 0) is 6.54 Å². The SMILES string of the molecule is CC(CNCc1ccccn1)COc1cccc(-c2noc3ccsc23)c1. The van der Waals surface area contributed by atoms with Crippen molar-refractivity contribution in [3.63, 3.8) is 0 Å². The minimum absolute atomic E-state index is 0.383. The van der Waals surface area contributed by atoms with Gasteiger partial charge in [0.15, 0.2) is 5.58 Å². The van der Waals surface area contributed by atoms with Gasteiger partial charge in [-0.1, -0.05) is 30.3 Å². The van der Waals surface area contributed by atoms with Crippen LogP contribution in [0.4, 0.5) is 0 Å². The van der Waals surface area contributed by atoms with E-state index in [4.69, 9.17) is 9.26 Å². The third-order valence-electron chi connectivity index (χ3n) is 4.25. The third-order valence-corrected chi connectivity index (χ3v) is 5.15. The lowest BCUT2D eigenvalue weighted by Gasteiger charge is -2.14. The highest BCUT2D eigenvalue weighted by Crippen LogP contribution is 2.33. The number of aromatic nitrogens is 2. The van der Waals surface area contributed by atoms with Crippen LogP contribution in [0.2, 0.25) is 0 Å². The summed E-state index contributed by atoms with van der Waals surface area (Å²) < 4.78 is 12.4. The number of rotatable bonds is 8. The summed E-state index contributed by atoms with van der Waals surface area (Å²) in [7, 11) is 0. The Morgan fingerprint density at radius 1 is 1.19 bits per heavy atom. The summed E-state index contributed by atoms with van der Waals surface area (Å²) in [6, 6.07) is 15.9. The van der Waals surface area contributed by atoms with Crippen molar-refractivity contribution < 1.29 is 9.26 Å². The van der Waals surface area contributed by atoms with Crippen molar-refractivity contribution in [3.8, 4) is 17.0 Å². The maximum absolute atomic E-state index is 5.99. The molecule has 1 atom stereocenters. The van der Waals surface area contributed by atoms with Crippen LogP contribution in [0.15, 0.2) is 64.6 Å². The van der Waals surface area contributed by atoms with Gasteiger partial charge in [0.05, 0.1) is 12.3 Å². The number of pyridine rings is 1. The molecule has 0 aliphatic heterocycles. The summed E-state index contributed by atoms with van der Waals surface area (Å²) >= 11 is 1.64. The number of nitrogens with zero attached hydrogens (tertiary/aromatic N) is 2. The molecule has 1 N–H and O–H groups in total. The lowest BCUT2D eigenvalue weighted by Crippen LogP contribution is -2.25. The predicted octanol–water partition coefficient (Wildman–Crippen LogP) is 4.76. The standard InChI is InChI=1S/C21H21N3O2S/c1-15(12-22-13-17-6-2-3-9-23-17)14-25-18-7-4-5-16(11-18)20-21-19(26-24-20)8-10-27-21/h2-11,15,22H,12-14H2,1H3. The van der Waals surface area contributed by atoms with Crippen molar-refractivity contribution in [1.82, 2.24) is 15.5 Å². The van der Waals surface area contributed by atoms with Crippen molar-refractivity contribution in [2.45, 2.75) is 13.5 Å². The van der Waals surface area contributed by atoms with E-state index >= 15 is 0 Å². The highest BCUT2D eigenvalue weighted by atomic mass is 32.1. The number of hydrogen-bond donors (Lipinski definition) is 1. The van der Waals surface area contributed by atoms with E-state index in [2.05, 4.69) is 22.4 Å². The first-order chi connectivity index (χ1) is 13.3. The van der Waals surface area contributed by atoms with Gasteiger partial charge >= 0.3 is 0 Å². The van der Waals surface area contributed by atoms with Crippen molar-refractivity contribution in [2.75, 3.05) is 13.2 Å². The first kappa shape index (κ1) is 17.7. The summed E-state index contributed by atoms with van der Waals surface area (Å²) in [6.07, 6.45) is 1.81. The van der Waals surface area contributed by atoms with E-state index in [1.165, 1.54) is 0 Å². The molecule has 5 nitrogen and oxygen atoms in total. The van der Waals surface area contributed by atoms with Gasteiger partial charge in [0.25, 0.3) is 0 Å². The quantitative estimate of drug-likeness (QED) is 0.478. The maximum atomic E-state index is 5.99. The molecule has 0 aliphatic rings. The highest BCUT2D eigenvalue weighted by molar-refractivity contribution is 7.17. The van der Waals surface area contributed by atoms with Crippen molar-refractivity contribution in [3.05, 3.63) is 65.8 Å². The summed E-state index contributed by atoms with van der Waals surface area (Å²) in [5.41, 5.74) is 3.75. The zero-order valence-corrected chi connectivity index (χ0v) is 15.9. The van der Waals surface area contributed by atoms with Gasteiger partial charge in [-0.15, -0.1) is 11.3 Å². The maximum Gasteiger partial charge on any atom is 0.178 e. The zero-order chi connectivity index (χ0) is 18.5. The number of thiophene rings is 1. The minimum atomic E-state index is 0.383. The van der Waals surface area contributed by atoms with E-state index in [-0.39, 0.29) is 0 Å². The molecule has 4 aromatic rings. The Morgan fingerprint density at radius 3 is 3.04 bits per heavy atom. The molecule has 3 aromatic heterocycles. The van der Waals surface area contributed by atoms with E-state index < -0.39 is 0 Å². The van der Waals surface area contributed by atoms with Gasteiger partial charge in [0, 0.05) is 30.8 Å². The molecule has 0 saturated heterocycles. The molecule has 0 fully saturated rings. The molecular weight excluding hydrogens is 358 g/mol. The van der Waals surface area contributed by atoms with Gasteiger partial charge in [-0.25, -0.2) is 0 Å². The molecule has 0 spiro atoms. The zero-order valence-electron chi connectivity index (χ0n) is 15.1. The average molecular weight is 379 g/mol. The molecule has 138 valence electrons. The molecule has 27 heavy (non-hydrogen) atoms. The van der Waals surface area contributed by atoms with Gasteiger partial charge in [-0.05, 0) is 35.7 Å². The molecular formula is C21H21N3O2S. The van der Waals surface area contributed by atoms with E-state index in [9.17, 15) is 0 Å². The van der Waals surface area contributed by atoms with Gasteiger partial charge in [-0.2, -0.15) is 0 Å². The highest BCUT2D eigenvalue weighted by Gasteiger charge is 2.12. The molecule has 1 aromatic carbocycles. The van der Waals surface area contributed by atoms with Gasteiger partial charge in [-0.3, -0.25) is 4.98 Å². The lowest BCUT2D eigenvalue weighted by molar-refractivity contribution is 0.255. The van der Waals surface area contributed by atoms with Crippen LogP contribution < -0.4 is 10.1 Å². The minimum Gasteiger partial charge on any atom is -0.493 e. The van der Waals surface area contributed by atoms with Gasteiger partial charge in [0.2, 0.25) is 0 Å². The van der Waals surface area contributed by atoms with E-state index in [0.717, 1.165) is 46.1 Å². The largest absolute Gasteiger partial charge is 0.493 e. The van der Waals surface area contributed by atoms with E-state index in [1.54, 1.807) is 11.3 Å². The van der Waals surface area contributed by atoms with Crippen LogP contribution in [0.1, 0.15) is 12.6 Å². The Bertz CT molecular complexity index is 997. The summed E-state index contributed by atoms with van der Waals surface area (Å²) in [5.74, 6) is 1.23. The first-order valence-corrected chi connectivity index (χ1v) is 9.84. The second kappa shape index (κ2) is 8.33. The normalized spacial score (nSPS) is 12.3. The Hall–Kier alpha value is -2.70. The number of benzene rings is 1. The molecule has 6 heteroatoms. The molecule has 0 radical (unpaired) electrons. The van der Waals surface area contributed by atoms with Crippen LogP contribution in [0, 0.1) is 5.92 Å². The number of nitrogens with one attached hydrogen (secondary N) is 1. The number of hydrogen-bond acceptors (Lipinski definition) is 6. The fourth-order valence-corrected chi connectivity index (χ4v) is 3.66. The summed E-state index contributed by atoms with van der Waals surface area (Å²) in [4.78, 5) is 4.31. The van der Waals surface area contributed by atoms with Crippen LogP contribution in [0.25, 0.3) is 21.5 Å². The number of ether oxygens (including phenoxy) is 1. The van der Waals surface area contributed by atoms with Crippen LogP contribution in [0.3, 0.4) is 0 Å². The van der Waals surface area contributed by atoms with E-state index in [1.807, 2.05) is 60.1 Å². The van der Waals surface area contributed by atoms with Crippen molar-refractivity contribution in [1.29, 1.82) is 0 Å². The number of fused-ring (bicyclic) bond motifs is 1. The Kier molecular flexibility index (Phi) is 5.46. The molecule has 0 bridgehead atoms. The Balaban J connectivity index is 1.31. The van der Waals surface area contributed by atoms with E-state index in [0.29, 0.717) is 12.5 Å². The second-order valence-electron chi connectivity index (χ2n) is 6.54. The molecule has 0 saturated carbocycles. The fraction of sp³-hybridized carbons (Fsp3) is 0.238. The monoisotopic (exact) mass is 379 g/mol. The fourth-order valence-electron chi connectivity index (χ4n) is 2.84. The Labute approximate surface area is 162 Å². The van der Waals surface area contributed by atoms with Crippen LogP contribution in [-0.4, -0.2) is 23.3 Å². The van der Waals surface area contributed by atoms with Crippen molar-refractivity contribution in [2.24, 2.45) is 5.92 Å². The molecule has 3 heterocycles. The molecule has 4 rings (SSSR count). The second-order valence-corrected chi connectivity index (χ2v) is 7.46. The average Bonchev–Trinajstić information content (AvgIpc) is 3.31. The predicted molar refractivity (Wildman–Crippen MR) is 108 cm³/mol. The molecule has 1 unspecified atom stereocenters. The topological polar surface area (TPSA) is 60.2 Å². The smallest absolute Gasteiger partial charge is 0.178 e. The summed E-state index contributed by atoms with van der Waals surface area (Å²) in [5, 5.41) is 9.63. The van der Waals surface area contributed by atoms with Gasteiger partial charge < -0.3 is 14.6 Å².